The monoisotopic (exact) mass is 466 g/mol. The van der Waals surface area contributed by atoms with Gasteiger partial charge in [0.05, 0.1) is 32.2 Å². The molecule has 0 heterocycles. The van der Waals surface area contributed by atoms with E-state index >= 15 is 0 Å². The first-order valence-corrected chi connectivity index (χ1v) is 12.6. The molecule has 1 atom stereocenters. The highest BCUT2D eigenvalue weighted by Gasteiger charge is 2.38. The molecule has 0 saturated heterocycles. The first-order chi connectivity index (χ1) is 16.0. The maximum atomic E-state index is 11.2. The number of rotatable bonds is 13. The average molecular weight is 467 g/mol. The van der Waals surface area contributed by atoms with Crippen molar-refractivity contribution in [2.75, 3.05) is 26.1 Å². The molecular weight excluding hydrogens is 436 g/mol. The summed E-state index contributed by atoms with van der Waals surface area (Å²) >= 11 is 0. The quantitative estimate of drug-likeness (QED) is 0.155. The zero-order valence-corrected chi connectivity index (χ0v) is 19.6. The smallest absolute Gasteiger partial charge is 0.264 e. The topological polar surface area (TPSA) is 61.8 Å². The minimum Gasteiger partial charge on any atom is -0.373 e. The van der Waals surface area contributed by atoms with Crippen LogP contribution in [-0.4, -0.2) is 40.6 Å². The van der Waals surface area contributed by atoms with Crippen molar-refractivity contribution in [2.45, 2.75) is 18.1 Å². The molecule has 6 heteroatoms. The highest BCUT2D eigenvalue weighted by atomic mass is 32.2. The van der Waals surface area contributed by atoms with E-state index in [1.807, 2.05) is 54.6 Å². The van der Waals surface area contributed by atoms with Gasteiger partial charge in [0, 0.05) is 0 Å². The van der Waals surface area contributed by atoms with Gasteiger partial charge in [-0.15, -0.1) is 6.58 Å². The summed E-state index contributed by atoms with van der Waals surface area (Å²) in [6.45, 7) is 4.17. The standard InChI is InChI=1S/C27H30O5S/c1-3-13-26(30-20-21-32-33(2,28)29)22-31-27(23-14-7-4-8-15-23,24-16-9-5-10-17-24)25-18-11-6-12-19-25/h3-12,14-19,26H,1,13,20-22H2,2H3. The molecule has 0 aliphatic heterocycles. The van der Waals surface area contributed by atoms with E-state index in [4.69, 9.17) is 13.7 Å². The zero-order valence-electron chi connectivity index (χ0n) is 18.8. The van der Waals surface area contributed by atoms with Crippen LogP contribution in [0, 0.1) is 0 Å². The van der Waals surface area contributed by atoms with Gasteiger partial charge in [-0.25, -0.2) is 0 Å². The van der Waals surface area contributed by atoms with Crippen LogP contribution in [0.1, 0.15) is 23.1 Å². The minimum atomic E-state index is -3.51. The second-order valence-electron chi connectivity index (χ2n) is 7.63. The van der Waals surface area contributed by atoms with Gasteiger partial charge in [-0.3, -0.25) is 4.18 Å². The Kier molecular flexibility index (Phi) is 8.97. The molecule has 0 aliphatic rings. The van der Waals surface area contributed by atoms with E-state index in [0.717, 1.165) is 22.9 Å². The molecule has 0 aliphatic carbocycles. The molecule has 3 rings (SSSR count). The molecule has 5 nitrogen and oxygen atoms in total. The minimum absolute atomic E-state index is 0.0479. The molecule has 0 fully saturated rings. The Morgan fingerprint density at radius 2 is 1.27 bits per heavy atom. The Hall–Kier alpha value is -2.77. The summed E-state index contributed by atoms with van der Waals surface area (Å²) in [4.78, 5) is 0. The lowest BCUT2D eigenvalue weighted by molar-refractivity contribution is -0.0673. The molecule has 0 N–H and O–H groups in total. The second kappa shape index (κ2) is 11.9. The van der Waals surface area contributed by atoms with Crippen molar-refractivity contribution in [1.82, 2.24) is 0 Å². The van der Waals surface area contributed by atoms with Crippen molar-refractivity contribution >= 4 is 10.1 Å². The summed E-state index contributed by atoms with van der Waals surface area (Å²) in [5, 5.41) is 0. The van der Waals surface area contributed by atoms with Crippen LogP contribution >= 0.6 is 0 Å². The van der Waals surface area contributed by atoms with Crippen LogP contribution in [0.4, 0.5) is 0 Å². The molecule has 3 aromatic rings. The van der Waals surface area contributed by atoms with Crippen LogP contribution in [0.25, 0.3) is 0 Å². The summed E-state index contributed by atoms with van der Waals surface area (Å²) in [6.07, 6.45) is 3.01. The van der Waals surface area contributed by atoms with E-state index in [1.54, 1.807) is 6.08 Å². The van der Waals surface area contributed by atoms with Gasteiger partial charge >= 0.3 is 0 Å². The summed E-state index contributed by atoms with van der Waals surface area (Å²) in [6, 6.07) is 30.3. The van der Waals surface area contributed by atoms with E-state index in [0.29, 0.717) is 6.42 Å². The van der Waals surface area contributed by atoms with E-state index in [2.05, 4.69) is 43.0 Å². The normalized spacial score (nSPS) is 12.9. The average Bonchev–Trinajstić information content (AvgIpc) is 2.83. The molecular formula is C27H30O5S. The van der Waals surface area contributed by atoms with Gasteiger partial charge in [0.2, 0.25) is 0 Å². The Bertz CT molecular complexity index is 986. The molecule has 0 saturated carbocycles. The Labute approximate surface area is 196 Å². The molecule has 0 amide bonds. The lowest BCUT2D eigenvalue weighted by Crippen LogP contribution is -2.36. The van der Waals surface area contributed by atoms with Crippen LogP contribution in [-0.2, 0) is 29.4 Å². The predicted octanol–water partition coefficient (Wildman–Crippen LogP) is 4.93. The van der Waals surface area contributed by atoms with Crippen molar-refractivity contribution in [3.8, 4) is 0 Å². The van der Waals surface area contributed by atoms with Crippen LogP contribution in [0.15, 0.2) is 104 Å². The molecule has 33 heavy (non-hydrogen) atoms. The third-order valence-electron chi connectivity index (χ3n) is 5.19. The third-order valence-corrected chi connectivity index (χ3v) is 5.79. The molecule has 0 spiro atoms. The van der Waals surface area contributed by atoms with Gasteiger partial charge in [0.1, 0.15) is 5.60 Å². The van der Waals surface area contributed by atoms with Crippen LogP contribution in [0.3, 0.4) is 0 Å². The Morgan fingerprint density at radius 1 is 0.818 bits per heavy atom. The summed E-state index contributed by atoms with van der Waals surface area (Å²) < 4.78 is 39.9. The van der Waals surface area contributed by atoms with Crippen molar-refractivity contribution in [2.24, 2.45) is 0 Å². The lowest BCUT2D eigenvalue weighted by Gasteiger charge is -2.37. The molecule has 174 valence electrons. The SMILES string of the molecule is C=CCC(COC(c1ccccc1)(c1ccccc1)c1ccccc1)OCCOS(C)(=O)=O. The second-order valence-corrected chi connectivity index (χ2v) is 9.28. The fourth-order valence-electron chi connectivity index (χ4n) is 3.76. The van der Waals surface area contributed by atoms with Gasteiger partial charge in [-0.1, -0.05) is 97.1 Å². The van der Waals surface area contributed by atoms with Crippen molar-refractivity contribution in [1.29, 1.82) is 0 Å². The van der Waals surface area contributed by atoms with Crippen LogP contribution in [0.5, 0.6) is 0 Å². The van der Waals surface area contributed by atoms with Gasteiger partial charge < -0.3 is 9.47 Å². The number of hydrogen-bond acceptors (Lipinski definition) is 5. The fourth-order valence-corrected chi connectivity index (χ4v) is 4.13. The maximum absolute atomic E-state index is 11.2. The van der Waals surface area contributed by atoms with E-state index in [-0.39, 0.29) is 25.9 Å². The number of benzene rings is 3. The number of hydrogen-bond donors (Lipinski definition) is 0. The molecule has 3 aromatic carbocycles. The van der Waals surface area contributed by atoms with E-state index < -0.39 is 15.7 Å². The van der Waals surface area contributed by atoms with Gasteiger partial charge in [0.25, 0.3) is 10.1 Å². The summed E-state index contributed by atoms with van der Waals surface area (Å²) in [7, 11) is -3.51. The molecule has 0 aromatic heterocycles. The predicted molar refractivity (Wildman–Crippen MR) is 131 cm³/mol. The summed E-state index contributed by atoms with van der Waals surface area (Å²) in [5.74, 6) is 0. The van der Waals surface area contributed by atoms with Crippen LogP contribution < -0.4 is 0 Å². The highest BCUT2D eigenvalue weighted by molar-refractivity contribution is 7.85. The Balaban J connectivity index is 1.93. The Morgan fingerprint density at radius 3 is 1.67 bits per heavy atom. The highest BCUT2D eigenvalue weighted by Crippen LogP contribution is 2.40. The summed E-state index contributed by atoms with van der Waals surface area (Å²) in [5.41, 5.74) is 2.15. The number of ether oxygens (including phenoxy) is 2. The van der Waals surface area contributed by atoms with Gasteiger partial charge in [0.15, 0.2) is 0 Å². The van der Waals surface area contributed by atoms with E-state index in [9.17, 15) is 8.42 Å². The van der Waals surface area contributed by atoms with Crippen molar-refractivity contribution < 1.29 is 22.1 Å². The van der Waals surface area contributed by atoms with Crippen LogP contribution in [0.2, 0.25) is 0 Å². The van der Waals surface area contributed by atoms with Gasteiger partial charge in [-0.05, 0) is 23.1 Å². The first-order valence-electron chi connectivity index (χ1n) is 10.8. The van der Waals surface area contributed by atoms with E-state index in [1.165, 1.54) is 0 Å². The van der Waals surface area contributed by atoms with Gasteiger partial charge in [-0.2, -0.15) is 8.42 Å². The van der Waals surface area contributed by atoms with Crippen molar-refractivity contribution in [3.05, 3.63) is 120 Å². The fraction of sp³-hybridized carbons (Fsp3) is 0.259. The third kappa shape index (κ3) is 6.85. The molecule has 0 radical (unpaired) electrons. The maximum Gasteiger partial charge on any atom is 0.264 e. The molecule has 1 unspecified atom stereocenters. The lowest BCUT2D eigenvalue weighted by atomic mass is 9.80. The molecule has 0 bridgehead atoms. The zero-order chi connectivity index (χ0) is 23.6. The van der Waals surface area contributed by atoms with Crippen molar-refractivity contribution in [3.63, 3.8) is 0 Å². The largest absolute Gasteiger partial charge is 0.373 e. The first kappa shape index (κ1) is 24.9.